The summed E-state index contributed by atoms with van der Waals surface area (Å²) in [5.74, 6) is -0.645. The first-order valence-corrected chi connectivity index (χ1v) is 9.49. The van der Waals surface area contributed by atoms with E-state index in [2.05, 4.69) is 27.3 Å². The summed E-state index contributed by atoms with van der Waals surface area (Å²) in [7, 11) is 0. The molecule has 7 nitrogen and oxygen atoms in total. The topological polar surface area (TPSA) is 97.4 Å². The van der Waals surface area contributed by atoms with E-state index in [0.29, 0.717) is 36.1 Å². The molecule has 7 heteroatoms. The molecule has 140 valence electrons. The van der Waals surface area contributed by atoms with Crippen LogP contribution in [0, 0.1) is 5.92 Å². The average molecular weight is 367 g/mol. The number of fused-ring (bicyclic) bond motifs is 3. The Morgan fingerprint density at radius 2 is 2.11 bits per heavy atom. The molecule has 3 heterocycles. The van der Waals surface area contributed by atoms with Gasteiger partial charge in [-0.3, -0.25) is 14.9 Å². The highest BCUT2D eigenvalue weighted by atomic mass is 16.5. The van der Waals surface area contributed by atoms with Gasteiger partial charge in [-0.15, -0.1) is 0 Å². The molecule has 0 bridgehead atoms. The fraction of sp³-hybridized carbons (Fsp3) is 0.450. The van der Waals surface area contributed by atoms with E-state index in [4.69, 9.17) is 4.52 Å². The number of piperidine rings is 1. The number of carbonyl (C=O) groups is 2. The Bertz CT molecular complexity index is 1050. The van der Waals surface area contributed by atoms with Crippen molar-refractivity contribution in [2.24, 2.45) is 5.92 Å². The summed E-state index contributed by atoms with van der Waals surface area (Å²) in [6, 6.07) is 6.35. The zero-order chi connectivity index (χ0) is 18.5. The normalized spacial score (nSPS) is 26.2. The molecule has 1 saturated heterocycles. The molecule has 3 aromatic rings. The maximum Gasteiger partial charge on any atom is 0.235 e. The van der Waals surface area contributed by atoms with Crippen molar-refractivity contribution in [3.05, 3.63) is 30.1 Å². The zero-order valence-corrected chi connectivity index (χ0v) is 14.9. The standard InChI is InChI=1S/C20H21N3O4/c24-10-11-1-2-12(9-11)23-8-7-13-15(23)4-5-16-18(13)19(22-27-16)14-3-6-17(25)21-20(14)26/h4-5,7-8,11-12,14,24H,1-3,6,9-10H2,(H,21,25,26)/t11-,12-,14?/m1/s1. The van der Waals surface area contributed by atoms with E-state index in [1.165, 1.54) is 0 Å². The average Bonchev–Trinajstić information content (AvgIpc) is 3.38. The third-order valence-corrected chi connectivity index (χ3v) is 6.10. The van der Waals surface area contributed by atoms with Gasteiger partial charge in [-0.1, -0.05) is 5.16 Å². The molecule has 1 saturated carbocycles. The molecule has 1 aliphatic heterocycles. The number of aliphatic hydroxyl groups excluding tert-OH is 1. The van der Waals surface area contributed by atoms with Crippen LogP contribution in [0.25, 0.3) is 21.9 Å². The van der Waals surface area contributed by atoms with Gasteiger partial charge >= 0.3 is 0 Å². The minimum absolute atomic E-state index is 0.236. The summed E-state index contributed by atoms with van der Waals surface area (Å²) >= 11 is 0. The summed E-state index contributed by atoms with van der Waals surface area (Å²) in [6.07, 6.45) is 5.91. The Kier molecular flexibility index (Phi) is 3.79. The molecule has 2 aromatic heterocycles. The highest BCUT2D eigenvalue weighted by molar-refractivity contribution is 6.09. The van der Waals surface area contributed by atoms with Crippen LogP contribution in [0.3, 0.4) is 0 Å². The molecule has 1 aliphatic carbocycles. The lowest BCUT2D eigenvalue weighted by Gasteiger charge is -2.19. The Morgan fingerprint density at radius 3 is 2.89 bits per heavy atom. The Labute approximate surface area is 155 Å². The number of nitrogens with zero attached hydrogens (tertiary/aromatic N) is 2. The van der Waals surface area contributed by atoms with Crippen LogP contribution in [-0.4, -0.2) is 33.3 Å². The van der Waals surface area contributed by atoms with Crippen LogP contribution in [0.15, 0.2) is 28.9 Å². The maximum absolute atomic E-state index is 12.3. The minimum atomic E-state index is -0.469. The summed E-state index contributed by atoms with van der Waals surface area (Å²) in [4.78, 5) is 23.8. The molecule has 2 aliphatic rings. The first-order valence-electron chi connectivity index (χ1n) is 9.49. The van der Waals surface area contributed by atoms with Crippen molar-refractivity contribution in [2.45, 2.75) is 44.1 Å². The SMILES string of the molecule is O=C1CCC(c2noc3ccc4c(ccn4[C@@H]4CC[C@@H](CO)C4)c23)C(=O)N1. The van der Waals surface area contributed by atoms with Gasteiger partial charge in [0.1, 0.15) is 5.69 Å². The van der Waals surface area contributed by atoms with Gasteiger partial charge in [-0.25, -0.2) is 0 Å². The summed E-state index contributed by atoms with van der Waals surface area (Å²) in [5.41, 5.74) is 2.35. The molecule has 2 amide bonds. The van der Waals surface area contributed by atoms with Gasteiger partial charge in [0.05, 0.1) is 11.3 Å². The number of hydrogen-bond donors (Lipinski definition) is 2. The number of benzene rings is 1. The molecular weight excluding hydrogens is 346 g/mol. The minimum Gasteiger partial charge on any atom is -0.396 e. The number of aromatic nitrogens is 2. The van der Waals surface area contributed by atoms with E-state index >= 15 is 0 Å². The Morgan fingerprint density at radius 1 is 1.22 bits per heavy atom. The lowest BCUT2D eigenvalue weighted by molar-refractivity contribution is -0.134. The van der Waals surface area contributed by atoms with Crippen LogP contribution in [0.4, 0.5) is 0 Å². The quantitative estimate of drug-likeness (QED) is 0.694. The summed E-state index contributed by atoms with van der Waals surface area (Å²) in [6.45, 7) is 0.241. The van der Waals surface area contributed by atoms with Crippen molar-refractivity contribution >= 4 is 33.7 Å². The number of rotatable bonds is 3. The molecule has 0 spiro atoms. The number of nitrogens with one attached hydrogen (secondary N) is 1. The van der Waals surface area contributed by atoms with Crippen LogP contribution < -0.4 is 5.32 Å². The second-order valence-electron chi connectivity index (χ2n) is 7.68. The number of amides is 2. The fourth-order valence-electron chi connectivity index (χ4n) is 4.68. The molecule has 5 rings (SSSR count). The van der Waals surface area contributed by atoms with Gasteiger partial charge in [0.25, 0.3) is 0 Å². The first kappa shape index (κ1) is 16.5. The Balaban J connectivity index is 1.60. The van der Waals surface area contributed by atoms with Gasteiger partial charge in [-0.05, 0) is 49.8 Å². The predicted octanol–water partition coefficient (Wildman–Crippen LogP) is 2.64. The van der Waals surface area contributed by atoms with Crippen molar-refractivity contribution < 1.29 is 19.2 Å². The fourth-order valence-corrected chi connectivity index (χ4v) is 4.68. The molecule has 27 heavy (non-hydrogen) atoms. The first-order chi connectivity index (χ1) is 13.2. The lowest BCUT2D eigenvalue weighted by Crippen LogP contribution is -2.39. The highest BCUT2D eigenvalue weighted by Crippen LogP contribution is 2.40. The Hall–Kier alpha value is -2.67. The van der Waals surface area contributed by atoms with Crippen molar-refractivity contribution in [1.29, 1.82) is 0 Å². The lowest BCUT2D eigenvalue weighted by atomic mass is 9.92. The summed E-state index contributed by atoms with van der Waals surface area (Å²) in [5, 5.41) is 17.9. The second kappa shape index (κ2) is 6.20. The molecule has 2 N–H and O–H groups in total. The van der Waals surface area contributed by atoms with Gasteiger partial charge in [0.2, 0.25) is 11.8 Å². The van der Waals surface area contributed by atoms with Crippen LogP contribution in [0.2, 0.25) is 0 Å². The molecule has 1 unspecified atom stereocenters. The molecule has 1 aromatic carbocycles. The number of aliphatic hydroxyl groups is 1. The largest absolute Gasteiger partial charge is 0.396 e. The van der Waals surface area contributed by atoms with Gasteiger partial charge in [0.15, 0.2) is 5.58 Å². The van der Waals surface area contributed by atoms with Crippen LogP contribution in [-0.2, 0) is 9.59 Å². The smallest absolute Gasteiger partial charge is 0.235 e. The molecule has 2 fully saturated rings. The molecular formula is C20H21N3O4. The van der Waals surface area contributed by atoms with Gasteiger partial charge in [0, 0.05) is 36.2 Å². The number of hydrogen-bond acceptors (Lipinski definition) is 5. The third-order valence-electron chi connectivity index (χ3n) is 6.10. The summed E-state index contributed by atoms with van der Waals surface area (Å²) < 4.78 is 7.77. The second-order valence-corrected chi connectivity index (χ2v) is 7.68. The van der Waals surface area contributed by atoms with Crippen molar-refractivity contribution in [3.63, 3.8) is 0 Å². The monoisotopic (exact) mass is 367 g/mol. The predicted molar refractivity (Wildman–Crippen MR) is 98.1 cm³/mol. The zero-order valence-electron chi connectivity index (χ0n) is 14.9. The van der Waals surface area contributed by atoms with Gasteiger partial charge < -0.3 is 14.2 Å². The van der Waals surface area contributed by atoms with E-state index in [1.807, 2.05) is 12.1 Å². The maximum atomic E-state index is 12.3. The third kappa shape index (κ3) is 2.56. The van der Waals surface area contributed by atoms with Gasteiger partial charge in [-0.2, -0.15) is 0 Å². The van der Waals surface area contributed by atoms with Crippen LogP contribution >= 0.6 is 0 Å². The number of carbonyl (C=O) groups excluding carboxylic acids is 2. The van der Waals surface area contributed by atoms with Crippen molar-refractivity contribution in [2.75, 3.05) is 6.61 Å². The highest BCUT2D eigenvalue weighted by Gasteiger charge is 2.33. The van der Waals surface area contributed by atoms with Crippen LogP contribution in [0.1, 0.15) is 49.8 Å². The van der Waals surface area contributed by atoms with E-state index in [1.54, 1.807) is 0 Å². The van der Waals surface area contributed by atoms with Crippen molar-refractivity contribution in [1.82, 2.24) is 15.0 Å². The van der Waals surface area contributed by atoms with E-state index in [9.17, 15) is 14.7 Å². The molecule has 3 atom stereocenters. The van der Waals surface area contributed by atoms with E-state index in [-0.39, 0.29) is 18.4 Å². The molecule has 0 radical (unpaired) electrons. The van der Waals surface area contributed by atoms with Crippen LogP contribution in [0.5, 0.6) is 0 Å². The van der Waals surface area contributed by atoms with E-state index < -0.39 is 5.92 Å². The van der Waals surface area contributed by atoms with Crippen molar-refractivity contribution in [3.8, 4) is 0 Å². The van der Waals surface area contributed by atoms with E-state index in [0.717, 1.165) is 35.6 Å². The number of imide groups is 1.